The highest BCUT2D eigenvalue weighted by atomic mass is 16.5. The summed E-state index contributed by atoms with van der Waals surface area (Å²) in [5.41, 5.74) is 1.83. The van der Waals surface area contributed by atoms with Crippen molar-refractivity contribution in [3.8, 4) is 0 Å². The van der Waals surface area contributed by atoms with Crippen molar-refractivity contribution in [3.63, 3.8) is 0 Å². The smallest absolute Gasteiger partial charge is 0.259 e. The van der Waals surface area contributed by atoms with Gasteiger partial charge in [-0.2, -0.15) is 0 Å². The van der Waals surface area contributed by atoms with Crippen molar-refractivity contribution in [2.24, 2.45) is 0 Å². The minimum Gasteiger partial charge on any atom is -0.361 e. The Balaban J connectivity index is 2.14. The van der Waals surface area contributed by atoms with E-state index in [4.69, 9.17) is 9.05 Å². The molecule has 0 aliphatic carbocycles. The van der Waals surface area contributed by atoms with E-state index in [-0.39, 0.29) is 5.91 Å². The van der Waals surface area contributed by atoms with Gasteiger partial charge < -0.3 is 13.9 Å². The fraction of sp³-hybridized carbons (Fsp3) is 0.417. The summed E-state index contributed by atoms with van der Waals surface area (Å²) in [4.78, 5) is 13.8. The zero-order valence-corrected chi connectivity index (χ0v) is 10.9. The lowest BCUT2D eigenvalue weighted by molar-refractivity contribution is 0.0780. The molecule has 2 heterocycles. The highest BCUT2D eigenvalue weighted by Gasteiger charge is 2.21. The van der Waals surface area contributed by atoms with Gasteiger partial charge in [0.05, 0.1) is 12.2 Å². The second kappa shape index (κ2) is 4.64. The van der Waals surface area contributed by atoms with Gasteiger partial charge in [-0.25, -0.2) is 0 Å². The van der Waals surface area contributed by atoms with Gasteiger partial charge in [0.2, 0.25) is 0 Å². The van der Waals surface area contributed by atoms with Crippen LogP contribution in [0.3, 0.4) is 0 Å². The van der Waals surface area contributed by atoms with E-state index in [1.54, 1.807) is 31.9 Å². The maximum atomic E-state index is 12.2. The van der Waals surface area contributed by atoms with Crippen LogP contribution in [0.25, 0.3) is 0 Å². The third-order valence-corrected chi connectivity index (χ3v) is 2.67. The average Bonchev–Trinajstić information content (AvgIpc) is 2.85. The molecule has 2 aromatic heterocycles. The standard InChI is InChI=1S/C12H15N3O3/c1-7-5-10(14-17-7)6-15(4)12(16)11-8(2)13-18-9(11)3/h5H,6H2,1-4H3. The Morgan fingerprint density at radius 3 is 2.50 bits per heavy atom. The van der Waals surface area contributed by atoms with Crippen molar-refractivity contribution in [3.05, 3.63) is 34.5 Å². The van der Waals surface area contributed by atoms with Gasteiger partial charge in [-0.05, 0) is 20.8 Å². The molecule has 0 aromatic carbocycles. The van der Waals surface area contributed by atoms with Crippen molar-refractivity contribution in [1.29, 1.82) is 0 Å². The number of amides is 1. The summed E-state index contributed by atoms with van der Waals surface area (Å²) in [6, 6.07) is 1.80. The second-order valence-corrected chi connectivity index (χ2v) is 4.29. The van der Waals surface area contributed by atoms with Gasteiger partial charge in [-0.1, -0.05) is 10.3 Å². The minimum atomic E-state index is -0.132. The van der Waals surface area contributed by atoms with Gasteiger partial charge >= 0.3 is 0 Å². The van der Waals surface area contributed by atoms with Gasteiger partial charge in [0.1, 0.15) is 22.8 Å². The molecule has 6 heteroatoms. The van der Waals surface area contributed by atoms with Gasteiger partial charge in [-0.15, -0.1) is 0 Å². The maximum Gasteiger partial charge on any atom is 0.259 e. The molecular formula is C12H15N3O3. The first-order chi connectivity index (χ1) is 8.49. The van der Waals surface area contributed by atoms with E-state index in [1.807, 2.05) is 6.92 Å². The van der Waals surface area contributed by atoms with E-state index in [0.717, 1.165) is 11.5 Å². The summed E-state index contributed by atoms with van der Waals surface area (Å²) >= 11 is 0. The quantitative estimate of drug-likeness (QED) is 0.830. The molecule has 18 heavy (non-hydrogen) atoms. The zero-order chi connectivity index (χ0) is 13.3. The number of hydrogen-bond donors (Lipinski definition) is 0. The fourth-order valence-corrected chi connectivity index (χ4v) is 1.79. The van der Waals surface area contributed by atoms with E-state index in [0.29, 0.717) is 23.6 Å². The highest BCUT2D eigenvalue weighted by molar-refractivity contribution is 5.95. The van der Waals surface area contributed by atoms with Crippen LogP contribution < -0.4 is 0 Å². The highest BCUT2D eigenvalue weighted by Crippen LogP contribution is 2.15. The maximum absolute atomic E-state index is 12.2. The van der Waals surface area contributed by atoms with Crippen molar-refractivity contribution in [2.75, 3.05) is 7.05 Å². The van der Waals surface area contributed by atoms with Crippen LogP contribution in [0.1, 0.15) is 33.3 Å². The second-order valence-electron chi connectivity index (χ2n) is 4.29. The molecule has 0 unspecified atom stereocenters. The molecule has 0 radical (unpaired) electrons. The number of carbonyl (C=O) groups is 1. The molecule has 2 rings (SSSR count). The van der Waals surface area contributed by atoms with Crippen LogP contribution in [0.2, 0.25) is 0 Å². The van der Waals surface area contributed by atoms with Crippen molar-refractivity contribution < 1.29 is 13.8 Å². The summed E-state index contributed by atoms with van der Waals surface area (Å²) in [7, 11) is 1.71. The summed E-state index contributed by atoms with van der Waals surface area (Å²) in [6.45, 7) is 5.67. The summed E-state index contributed by atoms with van der Waals surface area (Å²) in [5, 5.41) is 7.63. The summed E-state index contributed by atoms with van der Waals surface area (Å²) in [6.07, 6.45) is 0. The molecule has 0 spiro atoms. The van der Waals surface area contributed by atoms with Crippen molar-refractivity contribution in [2.45, 2.75) is 27.3 Å². The number of rotatable bonds is 3. The first-order valence-corrected chi connectivity index (χ1v) is 5.59. The number of aryl methyl sites for hydroxylation is 3. The summed E-state index contributed by atoms with van der Waals surface area (Å²) in [5.74, 6) is 1.12. The third kappa shape index (κ3) is 2.27. The molecule has 0 atom stereocenters. The lowest BCUT2D eigenvalue weighted by Gasteiger charge is -2.14. The number of hydrogen-bond acceptors (Lipinski definition) is 5. The van der Waals surface area contributed by atoms with Gasteiger partial charge in [0.25, 0.3) is 5.91 Å². The molecule has 0 saturated heterocycles. The Kier molecular flexibility index (Phi) is 3.18. The van der Waals surface area contributed by atoms with E-state index < -0.39 is 0 Å². The molecule has 1 amide bonds. The zero-order valence-electron chi connectivity index (χ0n) is 10.9. The normalized spacial score (nSPS) is 10.7. The van der Waals surface area contributed by atoms with Crippen molar-refractivity contribution >= 4 is 5.91 Å². The topological polar surface area (TPSA) is 72.4 Å². The number of aromatic nitrogens is 2. The molecule has 6 nitrogen and oxygen atoms in total. The predicted octanol–water partition coefficient (Wildman–Crippen LogP) is 1.86. The SMILES string of the molecule is Cc1cc(CN(C)C(=O)c2c(C)noc2C)no1. The third-order valence-electron chi connectivity index (χ3n) is 2.67. The van der Waals surface area contributed by atoms with Crippen molar-refractivity contribution in [1.82, 2.24) is 15.2 Å². The Morgan fingerprint density at radius 2 is 2.00 bits per heavy atom. The molecule has 0 fully saturated rings. The van der Waals surface area contributed by atoms with Crippen LogP contribution in [-0.4, -0.2) is 28.2 Å². The molecule has 0 N–H and O–H groups in total. The minimum absolute atomic E-state index is 0.132. The fourth-order valence-electron chi connectivity index (χ4n) is 1.79. The van der Waals surface area contributed by atoms with Crippen LogP contribution in [0.15, 0.2) is 15.1 Å². The lowest BCUT2D eigenvalue weighted by Crippen LogP contribution is -2.27. The largest absolute Gasteiger partial charge is 0.361 e. The molecule has 0 aliphatic heterocycles. The van der Waals surface area contributed by atoms with Crippen LogP contribution in [-0.2, 0) is 6.54 Å². The summed E-state index contributed by atoms with van der Waals surface area (Å²) < 4.78 is 9.95. The van der Waals surface area contributed by atoms with E-state index in [9.17, 15) is 4.79 Å². The molecule has 96 valence electrons. The first-order valence-electron chi connectivity index (χ1n) is 5.59. The Labute approximate surface area is 105 Å². The van der Waals surface area contributed by atoms with Gasteiger partial charge in [-0.3, -0.25) is 4.79 Å². The number of carbonyl (C=O) groups excluding carboxylic acids is 1. The number of nitrogens with zero attached hydrogens (tertiary/aromatic N) is 3. The van der Waals surface area contributed by atoms with E-state index in [2.05, 4.69) is 10.3 Å². The Hall–Kier alpha value is -2.11. The Morgan fingerprint density at radius 1 is 1.28 bits per heavy atom. The molecule has 0 saturated carbocycles. The van der Waals surface area contributed by atoms with Crippen LogP contribution >= 0.6 is 0 Å². The molecular weight excluding hydrogens is 234 g/mol. The molecule has 2 aromatic rings. The van der Waals surface area contributed by atoms with Gasteiger partial charge in [0.15, 0.2) is 0 Å². The first kappa shape index (κ1) is 12.3. The van der Waals surface area contributed by atoms with Crippen LogP contribution in [0.5, 0.6) is 0 Å². The van der Waals surface area contributed by atoms with E-state index in [1.165, 1.54) is 0 Å². The van der Waals surface area contributed by atoms with Gasteiger partial charge in [0, 0.05) is 13.1 Å². The van der Waals surface area contributed by atoms with Crippen LogP contribution in [0, 0.1) is 20.8 Å². The average molecular weight is 249 g/mol. The van der Waals surface area contributed by atoms with E-state index >= 15 is 0 Å². The molecule has 0 aliphatic rings. The molecule has 0 bridgehead atoms. The monoisotopic (exact) mass is 249 g/mol. The lowest BCUT2D eigenvalue weighted by atomic mass is 10.2. The predicted molar refractivity (Wildman–Crippen MR) is 63.0 cm³/mol. The Bertz CT molecular complexity index is 551. The van der Waals surface area contributed by atoms with Crippen LogP contribution in [0.4, 0.5) is 0 Å².